The van der Waals surface area contributed by atoms with Crippen LogP contribution in [0.5, 0.6) is 0 Å². The molecule has 0 spiro atoms. The van der Waals surface area contributed by atoms with Gasteiger partial charge in [0.2, 0.25) is 0 Å². The molecular weight excluding hydrogens is 262 g/mol. The lowest BCUT2D eigenvalue weighted by molar-refractivity contribution is -0.123. The number of carbonyl (C=O) groups excluding carboxylic acids is 2. The Balaban J connectivity index is 2.49. The maximum Gasteiger partial charge on any atom is 0.161 e. The normalized spacial score (nSPS) is 15.6. The smallest absolute Gasteiger partial charge is 0.161 e. The number of aromatic nitrogens is 1. The molecule has 1 aromatic heterocycles. The molecule has 1 atom stereocenters. The molecule has 0 radical (unpaired) electrons. The molecule has 1 aliphatic carbocycles. The molecule has 1 unspecified atom stereocenters. The third-order valence-electron chi connectivity index (χ3n) is 4.84. The Bertz CT molecular complexity index is 554. The maximum absolute atomic E-state index is 12.4. The molecule has 116 valence electrons. The molecule has 3 nitrogen and oxygen atoms in total. The Morgan fingerprint density at radius 3 is 2.43 bits per heavy atom. The summed E-state index contributed by atoms with van der Waals surface area (Å²) in [5.41, 5.74) is 4.46. The molecule has 0 saturated carbocycles. The third-order valence-corrected chi connectivity index (χ3v) is 4.84. The highest BCUT2D eigenvalue weighted by Gasteiger charge is 2.27. The molecule has 3 heteroatoms. The van der Waals surface area contributed by atoms with Crippen LogP contribution in [0, 0.1) is 5.92 Å². The zero-order chi connectivity index (χ0) is 15.6. The van der Waals surface area contributed by atoms with Gasteiger partial charge < -0.3 is 4.57 Å². The number of hydrogen-bond donors (Lipinski definition) is 0. The van der Waals surface area contributed by atoms with Gasteiger partial charge in [-0.3, -0.25) is 9.59 Å². The van der Waals surface area contributed by atoms with Crippen LogP contribution in [0.4, 0.5) is 0 Å². The number of rotatable bonds is 6. The highest BCUT2D eigenvalue weighted by molar-refractivity contribution is 5.97. The predicted octanol–water partition coefficient (Wildman–Crippen LogP) is 3.75. The Morgan fingerprint density at radius 2 is 1.86 bits per heavy atom. The second-order valence-corrected chi connectivity index (χ2v) is 6.23. The quantitative estimate of drug-likeness (QED) is 0.748. The average Bonchev–Trinajstić information content (AvgIpc) is 2.80. The lowest BCUT2D eigenvalue weighted by Gasteiger charge is -2.17. The molecule has 0 bridgehead atoms. The Morgan fingerprint density at radius 1 is 1.19 bits per heavy atom. The standard InChI is InChI=1S/C18H27NO2/c1-5-12(3)17(21)11-19-15(6-2)18(13(4)20)14-9-7-8-10-16(14)19/h12H,5-11H2,1-4H3. The summed E-state index contributed by atoms with van der Waals surface area (Å²) in [6, 6.07) is 0. The fourth-order valence-electron chi connectivity index (χ4n) is 3.44. The van der Waals surface area contributed by atoms with Crippen molar-refractivity contribution in [3.05, 3.63) is 22.5 Å². The molecule has 0 aliphatic heterocycles. The minimum Gasteiger partial charge on any atom is -0.340 e. The molecule has 2 rings (SSSR count). The van der Waals surface area contributed by atoms with Crippen molar-refractivity contribution in [2.24, 2.45) is 5.92 Å². The van der Waals surface area contributed by atoms with E-state index >= 15 is 0 Å². The van der Waals surface area contributed by atoms with Gasteiger partial charge in [0.05, 0.1) is 6.54 Å². The van der Waals surface area contributed by atoms with Crippen LogP contribution in [0.1, 0.15) is 74.3 Å². The van der Waals surface area contributed by atoms with Crippen molar-refractivity contribution in [2.45, 2.75) is 72.8 Å². The van der Waals surface area contributed by atoms with Crippen molar-refractivity contribution in [1.29, 1.82) is 0 Å². The minimum absolute atomic E-state index is 0.0946. The first-order valence-corrected chi connectivity index (χ1v) is 8.27. The first kappa shape index (κ1) is 16.0. The SMILES string of the molecule is CCc1c(C(C)=O)c2c(n1CC(=O)C(C)CC)CCCC2. The van der Waals surface area contributed by atoms with E-state index in [-0.39, 0.29) is 17.5 Å². The van der Waals surface area contributed by atoms with Crippen molar-refractivity contribution in [3.63, 3.8) is 0 Å². The molecule has 0 N–H and O–H groups in total. The largest absolute Gasteiger partial charge is 0.340 e. The molecule has 0 amide bonds. The number of carbonyl (C=O) groups is 2. The van der Waals surface area contributed by atoms with E-state index in [4.69, 9.17) is 0 Å². The monoisotopic (exact) mass is 289 g/mol. The van der Waals surface area contributed by atoms with Gasteiger partial charge >= 0.3 is 0 Å². The van der Waals surface area contributed by atoms with Gasteiger partial charge in [-0.25, -0.2) is 0 Å². The second kappa shape index (κ2) is 6.59. The molecule has 1 aliphatic rings. The van der Waals surface area contributed by atoms with E-state index in [1.807, 2.05) is 6.92 Å². The zero-order valence-electron chi connectivity index (χ0n) is 13.8. The second-order valence-electron chi connectivity index (χ2n) is 6.23. The summed E-state index contributed by atoms with van der Waals surface area (Å²) in [5.74, 6) is 0.530. The predicted molar refractivity (Wildman–Crippen MR) is 84.9 cm³/mol. The van der Waals surface area contributed by atoms with Gasteiger partial charge in [0.25, 0.3) is 0 Å². The van der Waals surface area contributed by atoms with Gasteiger partial charge in [-0.2, -0.15) is 0 Å². The van der Waals surface area contributed by atoms with Gasteiger partial charge in [-0.05, 0) is 51.0 Å². The van der Waals surface area contributed by atoms with E-state index in [0.717, 1.165) is 49.8 Å². The fraction of sp³-hybridized carbons (Fsp3) is 0.667. The molecule has 21 heavy (non-hydrogen) atoms. The van der Waals surface area contributed by atoms with Gasteiger partial charge in [0, 0.05) is 22.9 Å². The summed E-state index contributed by atoms with van der Waals surface area (Å²) in [4.78, 5) is 24.5. The van der Waals surface area contributed by atoms with E-state index in [1.54, 1.807) is 6.92 Å². The van der Waals surface area contributed by atoms with Crippen LogP contribution in [-0.4, -0.2) is 16.1 Å². The van der Waals surface area contributed by atoms with E-state index in [1.165, 1.54) is 11.3 Å². The first-order chi connectivity index (χ1) is 10.0. The van der Waals surface area contributed by atoms with Crippen LogP contribution in [0.2, 0.25) is 0 Å². The van der Waals surface area contributed by atoms with Crippen LogP contribution in [-0.2, 0) is 30.6 Å². The number of ketones is 2. The molecular formula is C18H27NO2. The van der Waals surface area contributed by atoms with E-state index in [2.05, 4.69) is 18.4 Å². The van der Waals surface area contributed by atoms with Crippen LogP contribution >= 0.6 is 0 Å². The van der Waals surface area contributed by atoms with Crippen LogP contribution in [0.15, 0.2) is 0 Å². The maximum atomic E-state index is 12.4. The first-order valence-electron chi connectivity index (χ1n) is 8.27. The van der Waals surface area contributed by atoms with E-state index < -0.39 is 0 Å². The van der Waals surface area contributed by atoms with Crippen molar-refractivity contribution in [1.82, 2.24) is 4.57 Å². The number of fused-ring (bicyclic) bond motifs is 1. The Kier molecular flexibility index (Phi) is 5.02. The fourth-order valence-corrected chi connectivity index (χ4v) is 3.44. The van der Waals surface area contributed by atoms with Crippen molar-refractivity contribution in [2.75, 3.05) is 0 Å². The summed E-state index contributed by atoms with van der Waals surface area (Å²) in [6.45, 7) is 8.22. The lowest BCUT2D eigenvalue weighted by Crippen LogP contribution is -2.21. The van der Waals surface area contributed by atoms with Gasteiger partial charge in [0.15, 0.2) is 11.6 Å². The number of hydrogen-bond acceptors (Lipinski definition) is 2. The molecule has 0 saturated heterocycles. The van der Waals surface area contributed by atoms with Crippen molar-refractivity contribution >= 4 is 11.6 Å². The summed E-state index contributed by atoms with van der Waals surface area (Å²) in [7, 11) is 0. The van der Waals surface area contributed by atoms with Gasteiger partial charge in [-0.15, -0.1) is 0 Å². The summed E-state index contributed by atoms with van der Waals surface area (Å²) >= 11 is 0. The zero-order valence-corrected chi connectivity index (χ0v) is 13.8. The van der Waals surface area contributed by atoms with Crippen LogP contribution in [0.3, 0.4) is 0 Å². The van der Waals surface area contributed by atoms with E-state index in [0.29, 0.717) is 6.54 Å². The lowest BCUT2D eigenvalue weighted by atomic mass is 9.93. The van der Waals surface area contributed by atoms with Gasteiger partial charge in [-0.1, -0.05) is 20.8 Å². The van der Waals surface area contributed by atoms with Crippen LogP contribution < -0.4 is 0 Å². The molecule has 1 aromatic rings. The van der Waals surface area contributed by atoms with Crippen LogP contribution in [0.25, 0.3) is 0 Å². The van der Waals surface area contributed by atoms with Gasteiger partial charge in [0.1, 0.15) is 0 Å². The molecule has 0 fully saturated rings. The summed E-state index contributed by atoms with van der Waals surface area (Å²) < 4.78 is 2.17. The topological polar surface area (TPSA) is 39.1 Å². The summed E-state index contributed by atoms with van der Waals surface area (Å²) in [6.07, 6.45) is 6.00. The Hall–Kier alpha value is -1.38. The highest BCUT2D eigenvalue weighted by Crippen LogP contribution is 2.31. The third kappa shape index (κ3) is 2.97. The van der Waals surface area contributed by atoms with Crippen molar-refractivity contribution in [3.8, 4) is 0 Å². The number of Topliss-reactive ketones (excluding diaryl/α,β-unsaturated/α-hetero) is 2. The molecule has 0 aromatic carbocycles. The molecule has 1 heterocycles. The van der Waals surface area contributed by atoms with Crippen molar-refractivity contribution < 1.29 is 9.59 Å². The highest BCUT2D eigenvalue weighted by atomic mass is 16.1. The minimum atomic E-state index is 0.0946. The number of nitrogens with zero attached hydrogens (tertiary/aromatic N) is 1. The Labute approximate surface area is 127 Å². The average molecular weight is 289 g/mol. The van der Waals surface area contributed by atoms with E-state index in [9.17, 15) is 9.59 Å². The summed E-state index contributed by atoms with van der Waals surface area (Å²) in [5, 5.41) is 0.